The van der Waals surface area contributed by atoms with Gasteiger partial charge in [0.05, 0.1) is 4.92 Å². The highest BCUT2D eigenvalue weighted by molar-refractivity contribution is 7.86. The van der Waals surface area contributed by atoms with Gasteiger partial charge in [-0.1, -0.05) is 6.07 Å². The lowest BCUT2D eigenvalue weighted by Crippen LogP contribution is -2.00. The maximum atomic E-state index is 11.2. The second kappa shape index (κ2) is 6.10. The van der Waals surface area contributed by atoms with Crippen molar-refractivity contribution in [2.24, 2.45) is 10.2 Å². The van der Waals surface area contributed by atoms with Gasteiger partial charge in [0.2, 0.25) is 0 Å². The summed E-state index contributed by atoms with van der Waals surface area (Å²) in [6, 6.07) is 4.80. The number of nitro benzene ring substituents is 1. The zero-order valence-corrected chi connectivity index (χ0v) is 12.4. The molecule has 0 spiro atoms. The number of nitro groups is 1. The lowest BCUT2D eigenvalue weighted by atomic mass is 10.2. The lowest BCUT2D eigenvalue weighted by molar-refractivity contribution is -0.385. The largest absolute Gasteiger partial charge is 0.505 e. The Balaban J connectivity index is 2.64. The number of aromatic hydroxyl groups is 3. The minimum absolute atomic E-state index is 0.406. The van der Waals surface area contributed by atoms with Crippen molar-refractivity contribution in [3.8, 4) is 17.2 Å². The van der Waals surface area contributed by atoms with Gasteiger partial charge in [-0.15, -0.1) is 10.2 Å². The van der Waals surface area contributed by atoms with Crippen molar-refractivity contribution in [1.82, 2.24) is 0 Å². The Kier molecular flexibility index (Phi) is 4.35. The van der Waals surface area contributed by atoms with E-state index >= 15 is 0 Å². The normalized spacial score (nSPS) is 11.7. The van der Waals surface area contributed by atoms with Gasteiger partial charge in [0.25, 0.3) is 15.8 Å². The zero-order valence-electron chi connectivity index (χ0n) is 11.6. The van der Waals surface area contributed by atoms with Gasteiger partial charge in [0, 0.05) is 12.1 Å². The number of azo groups is 1. The molecule has 126 valence electrons. The van der Waals surface area contributed by atoms with Crippen LogP contribution in [0.5, 0.6) is 17.2 Å². The molecule has 0 aromatic heterocycles. The van der Waals surface area contributed by atoms with Crippen LogP contribution in [0.3, 0.4) is 0 Å². The second-order valence-corrected chi connectivity index (χ2v) is 5.78. The van der Waals surface area contributed by atoms with E-state index in [0.29, 0.717) is 12.1 Å². The van der Waals surface area contributed by atoms with Crippen molar-refractivity contribution >= 4 is 27.2 Å². The number of non-ortho nitro benzene ring substituents is 1. The van der Waals surface area contributed by atoms with Crippen LogP contribution < -0.4 is 0 Å². The topological polar surface area (TPSA) is 183 Å². The highest BCUT2D eigenvalue weighted by Crippen LogP contribution is 2.41. The van der Waals surface area contributed by atoms with E-state index in [1.54, 1.807) is 0 Å². The van der Waals surface area contributed by atoms with Crippen molar-refractivity contribution in [3.05, 3.63) is 40.4 Å². The summed E-state index contributed by atoms with van der Waals surface area (Å²) in [5.74, 6) is -2.03. The average molecular weight is 355 g/mol. The van der Waals surface area contributed by atoms with E-state index in [4.69, 9.17) is 4.55 Å². The fourth-order valence-electron chi connectivity index (χ4n) is 1.68. The van der Waals surface area contributed by atoms with Crippen molar-refractivity contribution in [3.63, 3.8) is 0 Å². The number of phenols is 3. The molecule has 11 nitrogen and oxygen atoms in total. The summed E-state index contributed by atoms with van der Waals surface area (Å²) in [5, 5.41) is 46.5. The molecule has 0 fully saturated rings. The Morgan fingerprint density at radius 2 is 1.62 bits per heavy atom. The quantitative estimate of drug-likeness (QED) is 0.279. The maximum Gasteiger partial charge on any atom is 0.298 e. The molecule has 0 atom stereocenters. The van der Waals surface area contributed by atoms with Gasteiger partial charge in [-0.2, -0.15) is 8.42 Å². The third-order valence-electron chi connectivity index (χ3n) is 2.78. The molecule has 0 aliphatic carbocycles. The number of hydrogen-bond acceptors (Lipinski definition) is 9. The molecular formula is C12H9N3O8S. The molecule has 0 saturated heterocycles. The molecule has 0 unspecified atom stereocenters. The van der Waals surface area contributed by atoms with Crippen LogP contribution in [0.25, 0.3) is 0 Å². The van der Waals surface area contributed by atoms with E-state index in [9.17, 15) is 33.9 Å². The first kappa shape index (κ1) is 17.1. The Labute approximate surface area is 134 Å². The molecule has 0 saturated carbocycles. The summed E-state index contributed by atoms with van der Waals surface area (Å²) >= 11 is 0. The molecule has 0 amide bonds. The number of benzene rings is 2. The maximum absolute atomic E-state index is 11.2. The van der Waals surface area contributed by atoms with Gasteiger partial charge in [0.15, 0.2) is 11.4 Å². The predicted molar refractivity (Wildman–Crippen MR) is 78.5 cm³/mol. The monoisotopic (exact) mass is 355 g/mol. The molecular weight excluding hydrogens is 346 g/mol. The molecule has 4 N–H and O–H groups in total. The van der Waals surface area contributed by atoms with Gasteiger partial charge >= 0.3 is 0 Å². The Morgan fingerprint density at radius 1 is 1.04 bits per heavy atom. The van der Waals surface area contributed by atoms with Gasteiger partial charge in [-0.05, 0) is 12.1 Å². The molecule has 0 bridgehead atoms. The van der Waals surface area contributed by atoms with Crippen LogP contribution in [0, 0.1) is 10.1 Å². The molecule has 2 rings (SSSR count). The number of phenolic OH excluding ortho intramolecular Hbond substituents is 3. The lowest BCUT2D eigenvalue weighted by Gasteiger charge is -2.04. The summed E-state index contributed by atoms with van der Waals surface area (Å²) in [6.07, 6.45) is 0. The van der Waals surface area contributed by atoms with Crippen LogP contribution in [-0.2, 0) is 10.1 Å². The van der Waals surface area contributed by atoms with E-state index in [2.05, 4.69) is 10.2 Å². The summed E-state index contributed by atoms with van der Waals surface area (Å²) in [5.41, 5.74) is -1.85. The Bertz CT molecular complexity index is 935. The summed E-state index contributed by atoms with van der Waals surface area (Å²) in [4.78, 5) is 8.72. The first-order valence-electron chi connectivity index (χ1n) is 6.03. The van der Waals surface area contributed by atoms with Gasteiger partial charge in [-0.3, -0.25) is 14.7 Å². The van der Waals surface area contributed by atoms with Crippen molar-refractivity contribution in [1.29, 1.82) is 0 Å². The number of rotatable bonds is 4. The van der Waals surface area contributed by atoms with Crippen LogP contribution >= 0.6 is 0 Å². The SMILES string of the molecule is O=[N+]([O-])c1cc(N=Nc2c(O)cccc2O)c(O)c(S(=O)(=O)O)c1. The fraction of sp³-hybridized carbons (Fsp3) is 0. The Hall–Kier alpha value is -3.25. The van der Waals surface area contributed by atoms with E-state index in [0.717, 1.165) is 0 Å². The fourth-order valence-corrected chi connectivity index (χ4v) is 2.30. The smallest absolute Gasteiger partial charge is 0.298 e. The number of nitrogens with zero attached hydrogens (tertiary/aromatic N) is 3. The molecule has 12 heteroatoms. The number of hydrogen-bond donors (Lipinski definition) is 4. The molecule has 0 aliphatic heterocycles. The van der Waals surface area contributed by atoms with Crippen molar-refractivity contribution in [2.75, 3.05) is 0 Å². The van der Waals surface area contributed by atoms with E-state index < -0.39 is 54.2 Å². The third kappa shape index (κ3) is 3.39. The highest BCUT2D eigenvalue weighted by Gasteiger charge is 2.24. The van der Waals surface area contributed by atoms with Crippen LogP contribution in [0.2, 0.25) is 0 Å². The molecule has 2 aromatic carbocycles. The van der Waals surface area contributed by atoms with Crippen LogP contribution in [0.4, 0.5) is 17.1 Å². The van der Waals surface area contributed by atoms with E-state index in [1.165, 1.54) is 18.2 Å². The molecule has 0 heterocycles. The van der Waals surface area contributed by atoms with Crippen molar-refractivity contribution < 1.29 is 33.2 Å². The Morgan fingerprint density at radius 3 is 2.12 bits per heavy atom. The first-order chi connectivity index (χ1) is 11.1. The first-order valence-corrected chi connectivity index (χ1v) is 7.47. The highest BCUT2D eigenvalue weighted by atomic mass is 32.2. The van der Waals surface area contributed by atoms with E-state index in [1.807, 2.05) is 0 Å². The van der Waals surface area contributed by atoms with E-state index in [-0.39, 0.29) is 0 Å². The summed E-state index contributed by atoms with van der Waals surface area (Å²) < 4.78 is 31.4. The average Bonchev–Trinajstić information content (AvgIpc) is 2.46. The molecule has 0 radical (unpaired) electrons. The van der Waals surface area contributed by atoms with Crippen molar-refractivity contribution in [2.45, 2.75) is 4.90 Å². The third-order valence-corrected chi connectivity index (χ3v) is 3.65. The molecule has 0 aliphatic rings. The zero-order chi connectivity index (χ0) is 18.1. The minimum Gasteiger partial charge on any atom is -0.505 e. The van der Waals surface area contributed by atoms with Crippen LogP contribution in [-0.4, -0.2) is 33.2 Å². The van der Waals surface area contributed by atoms with Gasteiger partial charge < -0.3 is 15.3 Å². The minimum atomic E-state index is -4.97. The van der Waals surface area contributed by atoms with Crippen LogP contribution in [0.15, 0.2) is 45.5 Å². The standard InChI is InChI=1S/C12H9N3O8S/c16-8-2-1-3-9(17)11(8)14-13-7-4-6(15(19)20)5-10(12(7)18)24(21,22)23/h1-5,16-18H,(H,21,22,23). The van der Waals surface area contributed by atoms with Crippen LogP contribution in [0.1, 0.15) is 0 Å². The second-order valence-electron chi connectivity index (χ2n) is 4.39. The summed E-state index contributed by atoms with van der Waals surface area (Å²) in [6.45, 7) is 0. The molecule has 24 heavy (non-hydrogen) atoms. The van der Waals surface area contributed by atoms with Gasteiger partial charge in [0.1, 0.15) is 22.1 Å². The molecule has 2 aromatic rings. The van der Waals surface area contributed by atoms with Gasteiger partial charge in [-0.25, -0.2) is 0 Å². The summed E-state index contributed by atoms with van der Waals surface area (Å²) in [7, 11) is -4.97. The predicted octanol–water partition coefficient (Wildman–Crippen LogP) is 2.37.